The van der Waals surface area contributed by atoms with Gasteiger partial charge in [-0.15, -0.1) is 11.3 Å². The first-order valence-corrected chi connectivity index (χ1v) is 8.24. The lowest BCUT2D eigenvalue weighted by Crippen LogP contribution is -2.23. The minimum absolute atomic E-state index is 0.189. The van der Waals surface area contributed by atoms with Gasteiger partial charge in [-0.3, -0.25) is 9.78 Å². The molecule has 0 saturated carbocycles. The molecule has 4 rings (SSSR count). The summed E-state index contributed by atoms with van der Waals surface area (Å²) in [5.74, 6) is 0.491. The van der Waals surface area contributed by atoms with E-state index < -0.39 is 0 Å². The second-order valence-electron chi connectivity index (χ2n) is 5.16. The molecule has 5 nitrogen and oxygen atoms in total. The number of benzene rings is 1. The van der Waals surface area contributed by atoms with Gasteiger partial charge in [0.1, 0.15) is 5.69 Å². The Bertz CT molecular complexity index is 959. The van der Waals surface area contributed by atoms with E-state index in [1.54, 1.807) is 12.5 Å². The van der Waals surface area contributed by atoms with Gasteiger partial charge in [0.15, 0.2) is 10.8 Å². The Morgan fingerprint density at radius 2 is 2.04 bits per heavy atom. The van der Waals surface area contributed by atoms with Crippen molar-refractivity contribution in [3.63, 3.8) is 0 Å². The largest absolute Gasteiger partial charge is 0.463 e. The lowest BCUT2D eigenvalue weighted by Gasteiger charge is -2.07. The number of pyridine rings is 1. The number of para-hydroxylation sites is 1. The maximum atomic E-state index is 12.4. The number of nitrogens with one attached hydrogen (secondary N) is 1. The van der Waals surface area contributed by atoms with Crippen LogP contribution in [0, 0.1) is 0 Å². The lowest BCUT2D eigenvalue weighted by molar-refractivity contribution is 0.0951. The molecule has 1 aromatic carbocycles. The highest BCUT2D eigenvalue weighted by molar-refractivity contribution is 7.20. The van der Waals surface area contributed by atoms with Crippen molar-refractivity contribution >= 4 is 27.5 Å². The number of furan rings is 1. The standard InChI is InChI=1S/C18H13N3O2S/c22-17(18-21-13-6-1-2-8-15(13)24-18)20-11-12-5-3-9-19-16(12)14-7-4-10-23-14/h1-10H,11H2,(H,20,22). The molecule has 0 saturated heterocycles. The van der Waals surface area contributed by atoms with Crippen LogP contribution in [0.25, 0.3) is 21.7 Å². The Morgan fingerprint density at radius 1 is 1.12 bits per heavy atom. The third-order valence-corrected chi connectivity index (χ3v) is 4.61. The van der Waals surface area contributed by atoms with Crippen LogP contribution in [0.5, 0.6) is 0 Å². The fourth-order valence-corrected chi connectivity index (χ4v) is 3.32. The van der Waals surface area contributed by atoms with Crippen molar-refractivity contribution < 1.29 is 9.21 Å². The lowest BCUT2D eigenvalue weighted by atomic mass is 10.1. The predicted molar refractivity (Wildman–Crippen MR) is 92.7 cm³/mol. The highest BCUT2D eigenvalue weighted by atomic mass is 32.1. The molecule has 3 heterocycles. The summed E-state index contributed by atoms with van der Waals surface area (Å²) in [6.45, 7) is 0.360. The van der Waals surface area contributed by atoms with Gasteiger partial charge < -0.3 is 9.73 Å². The fourth-order valence-electron chi connectivity index (χ4n) is 2.44. The number of hydrogen-bond donors (Lipinski definition) is 1. The van der Waals surface area contributed by atoms with Crippen molar-refractivity contribution in [1.82, 2.24) is 15.3 Å². The van der Waals surface area contributed by atoms with Gasteiger partial charge in [0, 0.05) is 18.3 Å². The Labute approximate surface area is 142 Å². The molecule has 1 N–H and O–H groups in total. The van der Waals surface area contributed by atoms with Gasteiger partial charge in [-0.1, -0.05) is 18.2 Å². The molecule has 0 radical (unpaired) electrons. The number of rotatable bonds is 4. The van der Waals surface area contributed by atoms with Gasteiger partial charge in [-0.2, -0.15) is 0 Å². The van der Waals surface area contributed by atoms with Crippen LogP contribution in [-0.4, -0.2) is 15.9 Å². The minimum Gasteiger partial charge on any atom is -0.463 e. The van der Waals surface area contributed by atoms with Crippen LogP contribution < -0.4 is 5.32 Å². The van der Waals surface area contributed by atoms with Crippen molar-refractivity contribution in [3.8, 4) is 11.5 Å². The summed E-state index contributed by atoms with van der Waals surface area (Å²) in [6.07, 6.45) is 3.31. The molecule has 0 aliphatic rings. The third kappa shape index (κ3) is 2.79. The number of hydrogen-bond acceptors (Lipinski definition) is 5. The predicted octanol–water partition coefficient (Wildman–Crippen LogP) is 3.88. The smallest absolute Gasteiger partial charge is 0.280 e. The molecule has 118 valence electrons. The second kappa shape index (κ2) is 6.25. The molecule has 0 fully saturated rings. The van der Waals surface area contributed by atoms with Gasteiger partial charge >= 0.3 is 0 Å². The van der Waals surface area contributed by atoms with E-state index in [0.29, 0.717) is 17.3 Å². The van der Waals surface area contributed by atoms with Crippen LogP contribution in [0.4, 0.5) is 0 Å². The average molecular weight is 335 g/mol. The van der Waals surface area contributed by atoms with Gasteiger partial charge in [0.25, 0.3) is 5.91 Å². The number of fused-ring (bicyclic) bond motifs is 1. The summed E-state index contributed by atoms with van der Waals surface area (Å²) < 4.78 is 6.41. The minimum atomic E-state index is -0.189. The van der Waals surface area contributed by atoms with E-state index in [1.807, 2.05) is 48.5 Å². The molecule has 24 heavy (non-hydrogen) atoms. The molecular formula is C18H13N3O2S. The molecule has 0 atom stereocenters. The Kier molecular flexibility index (Phi) is 3.80. The molecular weight excluding hydrogens is 322 g/mol. The summed E-state index contributed by atoms with van der Waals surface area (Å²) >= 11 is 1.39. The zero-order valence-electron chi connectivity index (χ0n) is 12.6. The molecule has 0 spiro atoms. The highest BCUT2D eigenvalue weighted by Crippen LogP contribution is 2.23. The Balaban J connectivity index is 1.54. The molecule has 6 heteroatoms. The topological polar surface area (TPSA) is 68.0 Å². The van der Waals surface area contributed by atoms with Crippen molar-refractivity contribution in [3.05, 3.63) is 71.6 Å². The van der Waals surface area contributed by atoms with E-state index in [2.05, 4.69) is 15.3 Å². The zero-order chi connectivity index (χ0) is 16.4. The molecule has 1 amide bonds. The second-order valence-corrected chi connectivity index (χ2v) is 6.19. The van der Waals surface area contributed by atoms with Crippen LogP contribution in [0.2, 0.25) is 0 Å². The Hall–Kier alpha value is -2.99. The molecule has 0 bridgehead atoms. The van der Waals surface area contributed by atoms with E-state index in [-0.39, 0.29) is 5.91 Å². The van der Waals surface area contributed by atoms with Crippen LogP contribution in [-0.2, 0) is 6.54 Å². The monoisotopic (exact) mass is 335 g/mol. The number of carbonyl (C=O) groups is 1. The maximum absolute atomic E-state index is 12.4. The first-order valence-electron chi connectivity index (χ1n) is 7.43. The van der Waals surface area contributed by atoms with Crippen molar-refractivity contribution in [2.24, 2.45) is 0 Å². The quantitative estimate of drug-likeness (QED) is 0.614. The van der Waals surface area contributed by atoms with Crippen molar-refractivity contribution in [1.29, 1.82) is 0 Å². The van der Waals surface area contributed by atoms with E-state index in [0.717, 1.165) is 21.5 Å². The summed E-state index contributed by atoms with van der Waals surface area (Å²) in [6, 6.07) is 15.1. The molecule has 0 unspecified atom stereocenters. The normalized spacial score (nSPS) is 10.8. The fraction of sp³-hybridized carbons (Fsp3) is 0.0556. The number of nitrogens with zero attached hydrogens (tertiary/aromatic N) is 2. The SMILES string of the molecule is O=C(NCc1cccnc1-c1ccco1)c1nc2ccccc2s1. The summed E-state index contributed by atoms with van der Waals surface area (Å²) in [5.41, 5.74) is 2.46. The van der Waals surface area contributed by atoms with Gasteiger partial charge in [0.05, 0.1) is 16.5 Å². The average Bonchev–Trinajstić information content (AvgIpc) is 3.29. The molecule has 3 aromatic heterocycles. The highest BCUT2D eigenvalue weighted by Gasteiger charge is 2.14. The van der Waals surface area contributed by atoms with E-state index >= 15 is 0 Å². The summed E-state index contributed by atoms with van der Waals surface area (Å²) in [4.78, 5) is 21.1. The van der Waals surface area contributed by atoms with Crippen molar-refractivity contribution in [2.45, 2.75) is 6.54 Å². The number of amides is 1. The van der Waals surface area contributed by atoms with Gasteiger partial charge in [-0.25, -0.2) is 4.98 Å². The Morgan fingerprint density at radius 3 is 2.88 bits per heavy atom. The van der Waals surface area contributed by atoms with Crippen LogP contribution in [0.1, 0.15) is 15.4 Å². The number of aromatic nitrogens is 2. The van der Waals surface area contributed by atoms with E-state index in [4.69, 9.17) is 4.42 Å². The van der Waals surface area contributed by atoms with Crippen molar-refractivity contribution in [2.75, 3.05) is 0 Å². The molecule has 0 aliphatic carbocycles. The number of carbonyl (C=O) groups excluding carboxylic acids is 1. The third-order valence-electron chi connectivity index (χ3n) is 3.57. The van der Waals surface area contributed by atoms with Gasteiger partial charge in [0.2, 0.25) is 0 Å². The first-order chi connectivity index (χ1) is 11.8. The van der Waals surface area contributed by atoms with Crippen LogP contribution >= 0.6 is 11.3 Å². The van der Waals surface area contributed by atoms with E-state index in [9.17, 15) is 4.79 Å². The summed E-state index contributed by atoms with van der Waals surface area (Å²) in [5, 5.41) is 3.36. The first kappa shape index (κ1) is 14.6. The van der Waals surface area contributed by atoms with Crippen LogP contribution in [0.3, 0.4) is 0 Å². The van der Waals surface area contributed by atoms with E-state index in [1.165, 1.54) is 11.3 Å². The number of thiazole rings is 1. The summed E-state index contributed by atoms with van der Waals surface area (Å²) in [7, 11) is 0. The van der Waals surface area contributed by atoms with Crippen LogP contribution in [0.15, 0.2) is 65.4 Å². The molecule has 4 aromatic rings. The molecule has 0 aliphatic heterocycles. The van der Waals surface area contributed by atoms with Gasteiger partial charge in [-0.05, 0) is 30.3 Å². The zero-order valence-corrected chi connectivity index (χ0v) is 13.4. The maximum Gasteiger partial charge on any atom is 0.280 e.